The van der Waals surface area contributed by atoms with Gasteiger partial charge in [-0.15, -0.1) is 0 Å². The van der Waals surface area contributed by atoms with Crippen molar-refractivity contribution >= 4 is 80.6 Å². The van der Waals surface area contributed by atoms with Crippen molar-refractivity contribution in [1.29, 1.82) is 0 Å². The van der Waals surface area contributed by atoms with Crippen molar-refractivity contribution in [2.24, 2.45) is 5.10 Å². The van der Waals surface area contributed by atoms with Gasteiger partial charge in [-0.2, -0.15) is 10.1 Å². The average molecular weight is 681 g/mol. The predicted octanol–water partition coefficient (Wildman–Crippen LogP) is 6.11. The lowest BCUT2D eigenvalue weighted by Gasteiger charge is -2.33. The molecule has 2 aromatic heterocycles. The third kappa shape index (κ3) is 6.85. The predicted molar refractivity (Wildman–Crippen MR) is 182 cm³/mol. The summed E-state index contributed by atoms with van der Waals surface area (Å²) in [6, 6.07) is 7.60. The van der Waals surface area contributed by atoms with Crippen LogP contribution in [-0.2, 0) is 9.30 Å². The smallest absolute Gasteiger partial charge is 0.229 e. The Morgan fingerprint density at radius 3 is 2.57 bits per heavy atom. The third-order valence-electron chi connectivity index (χ3n) is 6.82. The molecule has 2 aromatic carbocycles. The topological polar surface area (TPSA) is 130 Å². The molecule has 0 bridgehead atoms. The van der Waals surface area contributed by atoms with Crippen LogP contribution < -0.4 is 30.6 Å². The Morgan fingerprint density at radius 1 is 1.14 bits per heavy atom. The highest BCUT2D eigenvalue weighted by Gasteiger charge is 2.24. The number of anilines is 6. The van der Waals surface area contributed by atoms with E-state index in [1.54, 1.807) is 44.0 Å². The summed E-state index contributed by atoms with van der Waals surface area (Å²) < 4.78 is 25.4. The second kappa shape index (κ2) is 13.3. The standard InChI is InChI=1S/C30H35BrN9O3P/c1-19(2)18-40(32-3)25-15-23(26(42-4)16-24(25)39-11-13-43-14-12-39)37-30-35-17-20(31)29(38-30)36-22-8-7-21-27(34-10-9-33-21)28(22)44(5,6)41/h7-10,15-18H,3,11-14H2,1-2,4-6H3,(H2,35,36,37,38). The molecular weight excluding hydrogens is 645 g/mol. The van der Waals surface area contributed by atoms with E-state index < -0.39 is 7.14 Å². The average Bonchev–Trinajstić information content (AvgIpc) is 3.01. The zero-order chi connectivity index (χ0) is 31.4. The molecule has 0 unspecified atom stereocenters. The maximum atomic E-state index is 13.4. The molecule has 0 radical (unpaired) electrons. The van der Waals surface area contributed by atoms with E-state index in [1.165, 1.54) is 0 Å². The van der Waals surface area contributed by atoms with Gasteiger partial charge in [0, 0.05) is 50.7 Å². The Morgan fingerprint density at radius 2 is 1.89 bits per heavy atom. The number of allylic oxidation sites excluding steroid dienone is 1. The van der Waals surface area contributed by atoms with Gasteiger partial charge in [0.05, 0.1) is 58.4 Å². The number of methoxy groups -OCH3 is 1. The fraction of sp³-hybridized carbons (Fsp3) is 0.300. The maximum absolute atomic E-state index is 13.4. The SMILES string of the molecule is C=NN(C=C(C)C)c1cc(Nc2ncc(Br)c(Nc3ccc4nccnc4c3P(C)(C)=O)n2)c(OC)cc1N1CCOCC1. The number of hydrazone groups is 1. The van der Waals surface area contributed by atoms with Gasteiger partial charge >= 0.3 is 0 Å². The Kier molecular flexibility index (Phi) is 9.48. The number of benzene rings is 2. The summed E-state index contributed by atoms with van der Waals surface area (Å²) in [5.41, 5.74) is 5.33. The molecule has 3 heterocycles. The van der Waals surface area contributed by atoms with E-state index in [9.17, 15) is 4.57 Å². The molecule has 0 saturated carbocycles. The number of aromatic nitrogens is 4. The minimum atomic E-state index is -2.77. The van der Waals surface area contributed by atoms with E-state index in [1.807, 2.05) is 44.3 Å². The van der Waals surface area contributed by atoms with Gasteiger partial charge in [-0.05, 0) is 61.3 Å². The van der Waals surface area contributed by atoms with Crippen LogP contribution in [0.1, 0.15) is 13.8 Å². The summed E-state index contributed by atoms with van der Waals surface area (Å²) in [7, 11) is -1.15. The van der Waals surface area contributed by atoms with Crippen LogP contribution >= 0.6 is 23.1 Å². The van der Waals surface area contributed by atoms with E-state index in [0.717, 1.165) is 30.0 Å². The van der Waals surface area contributed by atoms with E-state index in [4.69, 9.17) is 14.5 Å². The first-order chi connectivity index (χ1) is 21.1. The molecule has 1 fully saturated rings. The Bertz CT molecular complexity index is 1770. The Labute approximate surface area is 265 Å². The van der Waals surface area contributed by atoms with Crippen molar-refractivity contribution in [3.8, 4) is 5.75 Å². The first kappa shape index (κ1) is 31.4. The summed E-state index contributed by atoms with van der Waals surface area (Å²) in [5, 5.41) is 13.3. The fourth-order valence-electron chi connectivity index (χ4n) is 4.93. The van der Waals surface area contributed by atoms with Crippen molar-refractivity contribution in [2.75, 3.05) is 67.3 Å². The lowest BCUT2D eigenvalue weighted by atomic mass is 10.1. The number of rotatable bonds is 10. The minimum Gasteiger partial charge on any atom is -0.494 e. The number of ether oxygens (including phenoxy) is 2. The molecule has 230 valence electrons. The van der Waals surface area contributed by atoms with Crippen LogP contribution in [0.4, 0.5) is 34.5 Å². The van der Waals surface area contributed by atoms with Gasteiger partial charge in [0.1, 0.15) is 24.2 Å². The highest BCUT2D eigenvalue weighted by molar-refractivity contribution is 9.10. The summed E-state index contributed by atoms with van der Waals surface area (Å²) in [4.78, 5) is 20.3. The quantitative estimate of drug-likeness (QED) is 0.114. The number of hydrogen-bond donors (Lipinski definition) is 2. The van der Waals surface area contributed by atoms with E-state index >= 15 is 0 Å². The molecule has 1 aliphatic rings. The van der Waals surface area contributed by atoms with Gasteiger partial charge < -0.3 is 29.6 Å². The van der Waals surface area contributed by atoms with Crippen LogP contribution in [0, 0.1) is 0 Å². The molecule has 1 saturated heterocycles. The molecule has 14 heteroatoms. The van der Waals surface area contributed by atoms with Gasteiger partial charge in [0.2, 0.25) is 5.95 Å². The summed E-state index contributed by atoms with van der Waals surface area (Å²) in [6.45, 7) is 14.0. The van der Waals surface area contributed by atoms with E-state index in [2.05, 4.69) is 58.2 Å². The molecule has 2 N–H and O–H groups in total. The first-order valence-electron chi connectivity index (χ1n) is 13.9. The zero-order valence-corrected chi connectivity index (χ0v) is 27.8. The number of morpholine rings is 1. The van der Waals surface area contributed by atoms with E-state index in [-0.39, 0.29) is 0 Å². The number of halogens is 1. The van der Waals surface area contributed by atoms with Crippen molar-refractivity contribution in [2.45, 2.75) is 13.8 Å². The highest BCUT2D eigenvalue weighted by Crippen LogP contribution is 2.43. The second-order valence-electron chi connectivity index (χ2n) is 10.7. The normalized spacial score (nSPS) is 13.4. The number of hydrogen-bond acceptors (Lipinski definition) is 12. The van der Waals surface area contributed by atoms with Crippen LogP contribution in [0.2, 0.25) is 0 Å². The van der Waals surface area contributed by atoms with Gasteiger partial charge in [-0.3, -0.25) is 9.97 Å². The van der Waals surface area contributed by atoms with Crippen molar-refractivity contribution in [1.82, 2.24) is 19.9 Å². The zero-order valence-electron chi connectivity index (χ0n) is 25.3. The van der Waals surface area contributed by atoms with Crippen LogP contribution in [-0.4, -0.2) is 73.4 Å². The van der Waals surface area contributed by atoms with Gasteiger partial charge in [-0.1, -0.05) is 5.57 Å². The molecular formula is C30H35BrN9O3P. The number of nitrogens with one attached hydrogen (secondary N) is 2. The number of fused-ring (bicyclic) bond motifs is 1. The highest BCUT2D eigenvalue weighted by atomic mass is 79.9. The molecule has 4 aromatic rings. The van der Waals surface area contributed by atoms with Crippen molar-refractivity contribution in [3.05, 3.63) is 59.1 Å². The molecule has 44 heavy (non-hydrogen) atoms. The largest absolute Gasteiger partial charge is 0.494 e. The van der Waals surface area contributed by atoms with E-state index in [0.29, 0.717) is 62.9 Å². The van der Waals surface area contributed by atoms with Crippen molar-refractivity contribution in [3.63, 3.8) is 0 Å². The Hall–Kier alpha value is -4.06. The molecule has 12 nitrogen and oxygen atoms in total. The van der Waals surface area contributed by atoms with Crippen LogP contribution in [0.3, 0.4) is 0 Å². The molecule has 5 rings (SSSR count). The van der Waals surface area contributed by atoms with Gasteiger partial charge in [0.25, 0.3) is 0 Å². The van der Waals surface area contributed by atoms with Gasteiger partial charge in [-0.25, -0.2) is 9.99 Å². The monoisotopic (exact) mass is 679 g/mol. The molecule has 1 aliphatic heterocycles. The third-order valence-corrected chi connectivity index (χ3v) is 8.93. The molecule has 0 atom stereocenters. The summed E-state index contributed by atoms with van der Waals surface area (Å²) in [6.07, 6.45) is 6.78. The minimum absolute atomic E-state index is 0.317. The Balaban J connectivity index is 1.55. The lowest BCUT2D eigenvalue weighted by Crippen LogP contribution is -2.37. The first-order valence-corrected chi connectivity index (χ1v) is 17.3. The lowest BCUT2D eigenvalue weighted by molar-refractivity contribution is 0.122. The van der Waals surface area contributed by atoms with Crippen LogP contribution in [0.25, 0.3) is 11.0 Å². The van der Waals surface area contributed by atoms with Crippen LogP contribution in [0.15, 0.2) is 64.2 Å². The second-order valence-corrected chi connectivity index (χ2v) is 14.7. The van der Waals surface area contributed by atoms with Gasteiger partial charge in [0.15, 0.2) is 0 Å². The van der Waals surface area contributed by atoms with Crippen molar-refractivity contribution < 1.29 is 14.0 Å². The molecule has 0 spiro atoms. The number of nitrogens with zero attached hydrogens (tertiary/aromatic N) is 7. The maximum Gasteiger partial charge on any atom is 0.229 e. The molecule has 0 aliphatic carbocycles. The fourth-order valence-corrected chi connectivity index (χ4v) is 6.61. The summed E-state index contributed by atoms with van der Waals surface area (Å²) >= 11 is 3.56. The van der Waals surface area contributed by atoms with Crippen LogP contribution in [0.5, 0.6) is 5.75 Å². The molecule has 0 amide bonds. The summed E-state index contributed by atoms with van der Waals surface area (Å²) in [5.74, 6) is 1.40.